The molecule has 2 N–H and O–H groups in total. The van der Waals surface area contributed by atoms with Crippen LogP contribution in [0.5, 0.6) is 0 Å². The number of amides is 1. The number of carbonyl (C=O) groups excluding carboxylic acids is 1. The van der Waals surface area contributed by atoms with E-state index in [0.29, 0.717) is 0 Å². The Kier molecular flexibility index (Phi) is 4.31. The van der Waals surface area contributed by atoms with Crippen LogP contribution in [0.2, 0.25) is 0 Å². The summed E-state index contributed by atoms with van der Waals surface area (Å²) in [5.74, 6) is 0.918. The Labute approximate surface area is 151 Å². The number of carbonyl (C=O) groups is 1. The van der Waals surface area contributed by atoms with Crippen LogP contribution in [0.3, 0.4) is 0 Å². The van der Waals surface area contributed by atoms with E-state index in [2.05, 4.69) is 24.6 Å². The van der Waals surface area contributed by atoms with E-state index in [-0.39, 0.29) is 31.0 Å². The van der Waals surface area contributed by atoms with Crippen LogP contribution in [-0.4, -0.2) is 72.2 Å². The van der Waals surface area contributed by atoms with E-state index < -0.39 is 10.0 Å². The lowest BCUT2D eigenvalue weighted by molar-refractivity contribution is -0.134. The molecule has 140 valence electrons. The molecule has 2 saturated heterocycles. The molecule has 2 aliphatic heterocycles. The number of nitrogens with one attached hydrogen (secondary N) is 2. The van der Waals surface area contributed by atoms with Gasteiger partial charge in [-0.2, -0.15) is 0 Å². The minimum atomic E-state index is -3.27. The number of nitrogens with zero attached hydrogens (tertiary/aromatic N) is 4. The number of piperazine rings is 1. The number of hydrogen-bond acceptors (Lipinski definition) is 6. The first-order valence-corrected chi connectivity index (χ1v) is 10.6. The Balaban J connectivity index is 1.46. The maximum atomic E-state index is 12.6. The van der Waals surface area contributed by atoms with E-state index in [1.165, 1.54) is 0 Å². The molecule has 0 radical (unpaired) electrons. The van der Waals surface area contributed by atoms with Gasteiger partial charge in [0.05, 0.1) is 11.6 Å². The third kappa shape index (κ3) is 3.26. The molecule has 2 atom stereocenters. The van der Waals surface area contributed by atoms with Gasteiger partial charge in [0.15, 0.2) is 0 Å². The Morgan fingerprint density at radius 1 is 1.31 bits per heavy atom. The lowest BCUT2D eigenvalue weighted by atomic mass is 10.1. The van der Waals surface area contributed by atoms with Gasteiger partial charge < -0.3 is 14.8 Å². The zero-order chi connectivity index (χ0) is 18.3. The molecule has 4 rings (SSSR count). The number of H-pyrrole nitrogens is 1. The first-order chi connectivity index (χ1) is 12.4. The highest BCUT2D eigenvalue weighted by atomic mass is 32.2. The summed E-state index contributed by atoms with van der Waals surface area (Å²) < 4.78 is 24.7. The number of hydrogen-bond donors (Lipinski definition) is 2. The molecule has 10 heteroatoms. The summed E-state index contributed by atoms with van der Waals surface area (Å²) in [7, 11) is -3.27. The molecule has 0 saturated carbocycles. The van der Waals surface area contributed by atoms with Crippen LogP contribution < -0.4 is 9.62 Å². The highest BCUT2D eigenvalue weighted by molar-refractivity contribution is 7.88. The Morgan fingerprint density at radius 2 is 2.04 bits per heavy atom. The third-order valence-electron chi connectivity index (χ3n) is 5.11. The van der Waals surface area contributed by atoms with Crippen molar-refractivity contribution in [2.24, 2.45) is 0 Å². The predicted molar refractivity (Wildman–Crippen MR) is 97.2 cm³/mol. The quantitative estimate of drug-likeness (QED) is 0.762. The molecule has 4 heterocycles. The fourth-order valence-electron chi connectivity index (χ4n) is 4.07. The van der Waals surface area contributed by atoms with Crippen molar-refractivity contribution in [1.82, 2.24) is 24.6 Å². The van der Waals surface area contributed by atoms with Crippen molar-refractivity contribution in [3.05, 3.63) is 18.6 Å². The first kappa shape index (κ1) is 17.2. The van der Waals surface area contributed by atoms with E-state index >= 15 is 0 Å². The van der Waals surface area contributed by atoms with Crippen molar-refractivity contribution < 1.29 is 13.2 Å². The largest absolute Gasteiger partial charge is 0.352 e. The normalized spacial score (nSPS) is 23.0. The summed E-state index contributed by atoms with van der Waals surface area (Å²) >= 11 is 0. The first-order valence-electron chi connectivity index (χ1n) is 8.71. The molecule has 9 nitrogen and oxygen atoms in total. The number of fused-ring (bicyclic) bond motifs is 3. The summed E-state index contributed by atoms with van der Waals surface area (Å²) in [4.78, 5) is 28.6. The summed E-state index contributed by atoms with van der Waals surface area (Å²) in [6.45, 7) is 1.62. The summed E-state index contributed by atoms with van der Waals surface area (Å²) in [6, 6.07) is 2.26. The molecule has 1 amide bonds. The number of anilines is 1. The van der Waals surface area contributed by atoms with Crippen molar-refractivity contribution >= 4 is 32.8 Å². The highest BCUT2D eigenvalue weighted by Gasteiger charge is 2.42. The van der Waals surface area contributed by atoms with Crippen molar-refractivity contribution in [2.75, 3.05) is 30.8 Å². The average molecular weight is 378 g/mol. The molecule has 2 fully saturated rings. The zero-order valence-corrected chi connectivity index (χ0v) is 15.4. The standard InChI is InChI=1S/C16H22N6O3S/c1-26(24,25)20-7-5-14(23)22-11-2-3-12(22)9-21(8-11)16-13-4-6-17-15(13)18-10-19-16/h4,6,10-12,20H,2-3,5,7-9H2,1H3,(H,17,18,19)/t11-,12-/m1/s1. The monoisotopic (exact) mass is 378 g/mol. The highest BCUT2D eigenvalue weighted by Crippen LogP contribution is 2.34. The number of sulfonamides is 1. The minimum Gasteiger partial charge on any atom is -0.352 e. The van der Waals surface area contributed by atoms with Gasteiger partial charge in [-0.3, -0.25) is 4.79 Å². The molecule has 2 aromatic heterocycles. The SMILES string of the molecule is CS(=O)(=O)NCCC(=O)N1[C@@H]2CC[C@@H]1CN(c1ncnc3[nH]ccc13)C2. The Morgan fingerprint density at radius 3 is 2.73 bits per heavy atom. The smallest absolute Gasteiger partial charge is 0.224 e. The zero-order valence-electron chi connectivity index (χ0n) is 14.6. The summed E-state index contributed by atoms with van der Waals surface area (Å²) in [6.07, 6.45) is 6.64. The molecule has 0 aliphatic carbocycles. The second-order valence-electron chi connectivity index (χ2n) is 6.94. The lowest BCUT2D eigenvalue weighted by Gasteiger charge is -2.41. The second-order valence-corrected chi connectivity index (χ2v) is 8.78. The van der Waals surface area contributed by atoms with Crippen LogP contribution in [-0.2, 0) is 14.8 Å². The van der Waals surface area contributed by atoms with Crippen LogP contribution in [0.1, 0.15) is 19.3 Å². The number of rotatable bonds is 5. The van der Waals surface area contributed by atoms with E-state index in [1.54, 1.807) is 6.33 Å². The van der Waals surface area contributed by atoms with Crippen LogP contribution in [0.25, 0.3) is 11.0 Å². The van der Waals surface area contributed by atoms with Crippen molar-refractivity contribution in [3.8, 4) is 0 Å². The average Bonchev–Trinajstić information content (AvgIpc) is 3.15. The van der Waals surface area contributed by atoms with Gasteiger partial charge in [0.25, 0.3) is 0 Å². The van der Waals surface area contributed by atoms with Crippen molar-refractivity contribution in [1.29, 1.82) is 0 Å². The van der Waals surface area contributed by atoms with Gasteiger partial charge in [-0.05, 0) is 18.9 Å². The molecule has 0 spiro atoms. The van der Waals surface area contributed by atoms with Gasteiger partial charge in [-0.1, -0.05) is 0 Å². The maximum Gasteiger partial charge on any atom is 0.224 e. The molecule has 2 bridgehead atoms. The fourth-order valence-corrected chi connectivity index (χ4v) is 4.54. The second kappa shape index (κ2) is 6.51. The molecule has 2 aliphatic rings. The van der Waals surface area contributed by atoms with E-state index in [1.807, 2.05) is 17.2 Å². The fraction of sp³-hybridized carbons (Fsp3) is 0.562. The van der Waals surface area contributed by atoms with Crippen LogP contribution in [0, 0.1) is 0 Å². The van der Waals surface area contributed by atoms with Crippen LogP contribution in [0.15, 0.2) is 18.6 Å². The van der Waals surface area contributed by atoms with Gasteiger partial charge in [-0.25, -0.2) is 23.1 Å². The van der Waals surface area contributed by atoms with Gasteiger partial charge in [-0.15, -0.1) is 0 Å². The van der Waals surface area contributed by atoms with E-state index in [4.69, 9.17) is 0 Å². The van der Waals surface area contributed by atoms with Gasteiger partial charge in [0.1, 0.15) is 17.8 Å². The number of aromatic nitrogens is 3. The Bertz CT molecular complexity index is 913. The molecule has 26 heavy (non-hydrogen) atoms. The number of aromatic amines is 1. The maximum absolute atomic E-state index is 12.6. The minimum absolute atomic E-state index is 0.0165. The third-order valence-corrected chi connectivity index (χ3v) is 5.83. The molecule has 0 aromatic carbocycles. The molecule has 0 unspecified atom stereocenters. The van der Waals surface area contributed by atoms with Crippen LogP contribution in [0.4, 0.5) is 5.82 Å². The van der Waals surface area contributed by atoms with Crippen LogP contribution >= 0.6 is 0 Å². The van der Waals surface area contributed by atoms with E-state index in [0.717, 1.165) is 49.0 Å². The lowest BCUT2D eigenvalue weighted by Crippen LogP contribution is -2.56. The topological polar surface area (TPSA) is 111 Å². The van der Waals surface area contributed by atoms with Gasteiger partial charge >= 0.3 is 0 Å². The van der Waals surface area contributed by atoms with Gasteiger partial charge in [0, 0.05) is 44.3 Å². The van der Waals surface area contributed by atoms with Crippen molar-refractivity contribution in [3.63, 3.8) is 0 Å². The van der Waals surface area contributed by atoms with Gasteiger partial charge in [0.2, 0.25) is 15.9 Å². The summed E-state index contributed by atoms with van der Waals surface area (Å²) in [5, 5.41) is 0.990. The molecule has 2 aromatic rings. The summed E-state index contributed by atoms with van der Waals surface area (Å²) in [5.41, 5.74) is 0.813. The van der Waals surface area contributed by atoms with E-state index in [9.17, 15) is 13.2 Å². The van der Waals surface area contributed by atoms with Crippen molar-refractivity contribution in [2.45, 2.75) is 31.3 Å². The molecular formula is C16H22N6O3S. The molecular weight excluding hydrogens is 356 g/mol. The predicted octanol–water partition coefficient (Wildman–Crippen LogP) is 0.0768. The Hall–Kier alpha value is -2.20.